The Morgan fingerprint density at radius 3 is 2.60 bits per heavy atom. The molecular weight excluding hydrogens is 276 g/mol. The van der Waals surface area contributed by atoms with Crippen molar-refractivity contribution in [3.05, 3.63) is 34.9 Å². The summed E-state index contributed by atoms with van der Waals surface area (Å²) in [5, 5.41) is 0.774. The molecule has 1 atom stereocenters. The normalized spacial score (nSPS) is 20.7. The molecule has 20 heavy (non-hydrogen) atoms. The van der Waals surface area contributed by atoms with E-state index in [4.69, 9.17) is 21.1 Å². The lowest BCUT2D eigenvalue weighted by atomic mass is 10.0. The molecule has 4 heteroatoms. The molecule has 0 amide bonds. The fraction of sp³-hybridized carbons (Fsp3) is 0.562. The van der Waals surface area contributed by atoms with E-state index in [9.17, 15) is 4.79 Å². The van der Waals surface area contributed by atoms with Crippen LogP contribution in [0.5, 0.6) is 0 Å². The molecule has 1 aliphatic heterocycles. The number of esters is 1. The number of hydrogen-bond acceptors (Lipinski definition) is 3. The summed E-state index contributed by atoms with van der Waals surface area (Å²) in [5.74, 6) is -0.197. The number of carbonyl (C=O) groups is 1. The Bertz CT molecular complexity index is 438. The highest BCUT2D eigenvalue weighted by Crippen LogP contribution is 2.34. The highest BCUT2D eigenvalue weighted by atomic mass is 35.5. The van der Waals surface area contributed by atoms with Crippen molar-refractivity contribution in [3.63, 3.8) is 0 Å². The zero-order valence-electron chi connectivity index (χ0n) is 11.9. The first-order chi connectivity index (χ1) is 9.66. The topological polar surface area (TPSA) is 38.8 Å². The van der Waals surface area contributed by atoms with E-state index in [1.807, 2.05) is 19.1 Å². The SMILES string of the molecule is CCOC(=O)[C@]1(CCCCCc2ccc(Cl)cc2)CO1. The molecule has 1 heterocycles. The van der Waals surface area contributed by atoms with E-state index in [1.54, 1.807) is 0 Å². The van der Waals surface area contributed by atoms with Crippen LogP contribution in [0, 0.1) is 0 Å². The van der Waals surface area contributed by atoms with Gasteiger partial charge >= 0.3 is 5.97 Å². The number of aryl methyl sites for hydroxylation is 1. The first-order valence-electron chi connectivity index (χ1n) is 7.22. The number of ether oxygens (including phenoxy) is 2. The number of epoxide rings is 1. The van der Waals surface area contributed by atoms with Gasteiger partial charge in [0.15, 0.2) is 5.60 Å². The summed E-state index contributed by atoms with van der Waals surface area (Å²) in [6.07, 6.45) is 5.01. The number of rotatable bonds is 8. The average molecular weight is 297 g/mol. The lowest BCUT2D eigenvalue weighted by Gasteiger charge is -2.10. The Morgan fingerprint density at radius 1 is 1.30 bits per heavy atom. The first kappa shape index (κ1) is 15.3. The molecule has 0 unspecified atom stereocenters. The Hall–Kier alpha value is -1.06. The van der Waals surface area contributed by atoms with Crippen molar-refractivity contribution >= 4 is 17.6 Å². The van der Waals surface area contributed by atoms with Crippen molar-refractivity contribution in [2.45, 2.75) is 44.6 Å². The predicted octanol–water partition coefficient (Wildman–Crippen LogP) is 3.78. The van der Waals surface area contributed by atoms with E-state index in [0.717, 1.165) is 37.1 Å². The molecule has 0 N–H and O–H groups in total. The zero-order chi connectivity index (χ0) is 14.4. The first-order valence-corrected chi connectivity index (χ1v) is 7.60. The van der Waals surface area contributed by atoms with Gasteiger partial charge in [0.25, 0.3) is 0 Å². The Labute approximate surface area is 125 Å². The Kier molecular flexibility index (Phi) is 5.44. The van der Waals surface area contributed by atoms with Gasteiger partial charge in [-0.05, 0) is 50.3 Å². The van der Waals surface area contributed by atoms with Crippen LogP contribution in [0.2, 0.25) is 5.02 Å². The van der Waals surface area contributed by atoms with E-state index < -0.39 is 5.60 Å². The third-order valence-electron chi connectivity index (χ3n) is 3.60. The van der Waals surface area contributed by atoms with Crippen LogP contribution in [0.1, 0.15) is 38.2 Å². The van der Waals surface area contributed by atoms with Crippen LogP contribution in [-0.2, 0) is 20.7 Å². The molecule has 1 fully saturated rings. The third kappa shape index (κ3) is 4.22. The van der Waals surface area contributed by atoms with E-state index in [0.29, 0.717) is 13.2 Å². The quantitative estimate of drug-likeness (QED) is 0.416. The maximum atomic E-state index is 11.7. The molecule has 0 aliphatic carbocycles. The van der Waals surface area contributed by atoms with E-state index >= 15 is 0 Å². The van der Waals surface area contributed by atoms with Gasteiger partial charge in [-0.15, -0.1) is 0 Å². The second kappa shape index (κ2) is 7.09. The fourth-order valence-corrected chi connectivity index (χ4v) is 2.41. The summed E-state index contributed by atoms with van der Waals surface area (Å²) in [6, 6.07) is 7.97. The third-order valence-corrected chi connectivity index (χ3v) is 3.85. The molecule has 0 radical (unpaired) electrons. The maximum absolute atomic E-state index is 11.7. The molecule has 0 spiro atoms. The van der Waals surface area contributed by atoms with Crippen molar-refractivity contribution in [3.8, 4) is 0 Å². The summed E-state index contributed by atoms with van der Waals surface area (Å²) in [6.45, 7) is 2.75. The van der Waals surface area contributed by atoms with Crippen molar-refractivity contribution in [2.24, 2.45) is 0 Å². The molecule has 0 aromatic heterocycles. The molecule has 2 rings (SSSR count). The summed E-state index contributed by atoms with van der Waals surface area (Å²) in [7, 11) is 0. The molecular formula is C16H21ClO3. The highest BCUT2D eigenvalue weighted by molar-refractivity contribution is 6.30. The molecule has 1 aliphatic rings. The molecule has 1 aromatic rings. The van der Waals surface area contributed by atoms with Crippen LogP contribution >= 0.6 is 11.6 Å². The number of benzene rings is 1. The van der Waals surface area contributed by atoms with Crippen LogP contribution in [0.15, 0.2) is 24.3 Å². The van der Waals surface area contributed by atoms with Crippen molar-refractivity contribution in [2.75, 3.05) is 13.2 Å². The smallest absolute Gasteiger partial charge is 0.340 e. The minimum atomic E-state index is -0.615. The second-order valence-electron chi connectivity index (χ2n) is 5.19. The predicted molar refractivity (Wildman–Crippen MR) is 78.9 cm³/mol. The van der Waals surface area contributed by atoms with Gasteiger partial charge in [-0.3, -0.25) is 0 Å². The fourth-order valence-electron chi connectivity index (χ4n) is 2.28. The number of hydrogen-bond donors (Lipinski definition) is 0. The molecule has 0 saturated carbocycles. The number of halogens is 1. The van der Waals surface area contributed by atoms with E-state index in [2.05, 4.69) is 12.1 Å². The zero-order valence-corrected chi connectivity index (χ0v) is 12.6. The van der Waals surface area contributed by atoms with Gasteiger partial charge < -0.3 is 9.47 Å². The largest absolute Gasteiger partial charge is 0.464 e. The summed E-state index contributed by atoms with van der Waals surface area (Å²) >= 11 is 5.85. The minimum absolute atomic E-state index is 0.197. The molecule has 1 aromatic carbocycles. The summed E-state index contributed by atoms with van der Waals surface area (Å²) < 4.78 is 10.3. The number of unbranched alkanes of at least 4 members (excludes halogenated alkanes) is 2. The van der Waals surface area contributed by atoms with E-state index in [-0.39, 0.29) is 5.97 Å². The van der Waals surface area contributed by atoms with E-state index in [1.165, 1.54) is 5.56 Å². The van der Waals surface area contributed by atoms with Crippen molar-refractivity contribution in [1.29, 1.82) is 0 Å². The lowest BCUT2D eigenvalue weighted by molar-refractivity contribution is -0.149. The van der Waals surface area contributed by atoms with Gasteiger partial charge in [0.05, 0.1) is 13.2 Å². The average Bonchev–Trinajstić information content (AvgIpc) is 3.22. The molecule has 110 valence electrons. The van der Waals surface area contributed by atoms with Crippen molar-refractivity contribution < 1.29 is 14.3 Å². The van der Waals surface area contributed by atoms with Crippen molar-refractivity contribution in [1.82, 2.24) is 0 Å². The van der Waals surface area contributed by atoms with Gasteiger partial charge in [0, 0.05) is 5.02 Å². The Morgan fingerprint density at radius 2 is 2.00 bits per heavy atom. The van der Waals surface area contributed by atoms with Crippen LogP contribution in [0.25, 0.3) is 0 Å². The van der Waals surface area contributed by atoms with Gasteiger partial charge in [-0.1, -0.05) is 30.2 Å². The maximum Gasteiger partial charge on any atom is 0.340 e. The second-order valence-corrected chi connectivity index (χ2v) is 5.63. The van der Waals surface area contributed by atoms with Crippen LogP contribution in [0.4, 0.5) is 0 Å². The standard InChI is InChI=1S/C16H21ClO3/c1-2-19-15(18)16(12-20-16)11-5-3-4-6-13-7-9-14(17)10-8-13/h7-10H,2-6,11-12H2,1H3/t16-/m0/s1. The van der Waals surface area contributed by atoms with Gasteiger partial charge in [0.1, 0.15) is 0 Å². The molecule has 3 nitrogen and oxygen atoms in total. The number of carbonyl (C=O) groups excluding carboxylic acids is 1. The van der Waals surface area contributed by atoms with Gasteiger partial charge in [0.2, 0.25) is 0 Å². The lowest BCUT2D eigenvalue weighted by Crippen LogP contribution is -2.27. The van der Waals surface area contributed by atoms with Crippen LogP contribution in [0.3, 0.4) is 0 Å². The molecule has 0 bridgehead atoms. The monoisotopic (exact) mass is 296 g/mol. The summed E-state index contributed by atoms with van der Waals surface area (Å²) in [4.78, 5) is 11.7. The molecule has 1 saturated heterocycles. The Balaban J connectivity index is 1.62. The van der Waals surface area contributed by atoms with Gasteiger partial charge in [-0.2, -0.15) is 0 Å². The minimum Gasteiger partial charge on any atom is -0.464 e. The van der Waals surface area contributed by atoms with Crippen LogP contribution in [-0.4, -0.2) is 24.8 Å². The van der Waals surface area contributed by atoms with Crippen LogP contribution < -0.4 is 0 Å². The highest BCUT2D eigenvalue weighted by Gasteiger charge is 2.52. The van der Waals surface area contributed by atoms with Gasteiger partial charge in [-0.25, -0.2) is 4.79 Å². The summed E-state index contributed by atoms with van der Waals surface area (Å²) in [5.41, 5.74) is 0.688.